The van der Waals surface area contributed by atoms with E-state index in [1.165, 1.54) is 70.2 Å². The number of rotatable bonds is 1. The molecule has 4 aliphatic rings. The average molecular weight is 660 g/mol. The lowest BCUT2D eigenvalue weighted by Crippen LogP contribution is -2.27. The van der Waals surface area contributed by atoms with Crippen molar-refractivity contribution >= 4 is 65.1 Å². The molecule has 0 atom stereocenters. The molecule has 0 aliphatic carbocycles. The summed E-state index contributed by atoms with van der Waals surface area (Å²) in [5, 5.41) is 4.33. The first-order chi connectivity index (χ1) is 21.6. The molecule has 4 aliphatic heterocycles. The van der Waals surface area contributed by atoms with Gasteiger partial charge in [0.25, 0.3) is 0 Å². The molecule has 8 nitrogen and oxygen atoms in total. The van der Waals surface area contributed by atoms with Crippen molar-refractivity contribution in [3.63, 3.8) is 0 Å². The molecule has 0 N–H and O–H groups in total. The zero-order valence-corrected chi connectivity index (χ0v) is 28.7. The second-order valence-corrected chi connectivity index (χ2v) is 15.4. The van der Waals surface area contributed by atoms with Crippen molar-refractivity contribution in [1.82, 2.24) is 0 Å². The molecule has 0 saturated heterocycles. The first-order valence-corrected chi connectivity index (χ1v) is 18.1. The second kappa shape index (κ2) is 11.2. The van der Waals surface area contributed by atoms with E-state index in [1.54, 1.807) is 11.6 Å². The van der Waals surface area contributed by atoms with E-state index in [4.69, 9.17) is 12.6 Å². The van der Waals surface area contributed by atoms with Crippen LogP contribution in [-0.4, -0.2) is 59.3 Å². The maximum absolute atomic E-state index is 11.7. The molecule has 10 heteroatoms. The van der Waals surface area contributed by atoms with Crippen LogP contribution in [0.4, 0.5) is 11.4 Å². The lowest BCUT2D eigenvalue weighted by molar-refractivity contribution is -0.444. The molecule has 8 rings (SSSR count). The van der Waals surface area contributed by atoms with Gasteiger partial charge in [-0.15, -0.1) is 12.6 Å². The van der Waals surface area contributed by atoms with Crippen molar-refractivity contribution in [3.8, 4) is 0 Å². The molecule has 46 heavy (non-hydrogen) atoms. The van der Waals surface area contributed by atoms with Crippen LogP contribution in [0, 0.1) is 0 Å². The summed E-state index contributed by atoms with van der Waals surface area (Å²) < 4.78 is 65.3. The van der Waals surface area contributed by atoms with Crippen molar-refractivity contribution in [3.05, 3.63) is 76.9 Å². The molecule has 0 unspecified atom stereocenters. The topological polar surface area (TPSA) is 114 Å². The van der Waals surface area contributed by atoms with Gasteiger partial charge in [0, 0.05) is 54.3 Å². The van der Waals surface area contributed by atoms with Crippen molar-refractivity contribution in [2.75, 3.05) is 13.1 Å². The summed E-state index contributed by atoms with van der Waals surface area (Å²) in [6, 6.07) is 18.2. The van der Waals surface area contributed by atoms with Gasteiger partial charge in [-0.05, 0) is 74.9 Å². The van der Waals surface area contributed by atoms with Crippen LogP contribution in [0.5, 0.6) is 0 Å². The van der Waals surface area contributed by atoms with E-state index in [2.05, 4.69) is 81.0 Å². The Morgan fingerprint density at radius 1 is 0.696 bits per heavy atom. The number of fused-ring (bicyclic) bond motifs is 4. The van der Waals surface area contributed by atoms with Gasteiger partial charge in [0.2, 0.25) is 11.4 Å². The third-order valence-corrected chi connectivity index (χ3v) is 11.6. The molecule has 0 amide bonds. The lowest BCUT2D eigenvalue weighted by atomic mass is 9.80. The van der Waals surface area contributed by atoms with Gasteiger partial charge in [0.05, 0.1) is 15.7 Å². The molecule has 4 aromatic rings. The third kappa shape index (κ3) is 5.02. The average Bonchev–Trinajstić information content (AvgIpc) is 3.32. The van der Waals surface area contributed by atoms with Crippen LogP contribution in [0.1, 0.15) is 76.6 Å². The van der Waals surface area contributed by atoms with Gasteiger partial charge in [-0.3, -0.25) is 0 Å². The molecule has 240 valence electrons. The fraction of sp³-hybridized carbons (Fsp3) is 0.389. The van der Waals surface area contributed by atoms with Crippen molar-refractivity contribution < 1.29 is 34.7 Å². The summed E-state index contributed by atoms with van der Waals surface area (Å²) in [5.41, 5.74) is 11.0. The Morgan fingerprint density at radius 3 is 1.72 bits per heavy atom. The fourth-order valence-corrected chi connectivity index (χ4v) is 8.63. The normalized spacial score (nSPS) is 18.4. The number of hydrogen-bond donors (Lipinski definition) is 0. The van der Waals surface area contributed by atoms with E-state index in [0.29, 0.717) is 5.39 Å². The van der Waals surface area contributed by atoms with Crippen molar-refractivity contribution in [2.45, 2.75) is 83.0 Å². The monoisotopic (exact) mass is 659 g/mol. The number of aryl methyl sites for hydroxylation is 2. The van der Waals surface area contributed by atoms with E-state index >= 15 is 0 Å². The molecule has 0 spiro atoms. The van der Waals surface area contributed by atoms with Crippen LogP contribution in [-0.2, 0) is 44.4 Å². The van der Waals surface area contributed by atoms with Crippen molar-refractivity contribution in [2.24, 2.45) is 0 Å². The summed E-state index contributed by atoms with van der Waals surface area (Å²) in [7, 11) is -7.60. The Hall–Kier alpha value is -3.73. The quantitative estimate of drug-likeness (QED) is 0.176. The lowest BCUT2D eigenvalue weighted by Gasteiger charge is -2.20. The Balaban J connectivity index is 0.000000147. The summed E-state index contributed by atoms with van der Waals surface area (Å²) >= 11 is 0. The highest BCUT2D eigenvalue weighted by atomic mass is 32.2. The van der Waals surface area contributed by atoms with E-state index in [9.17, 15) is 13.0 Å². The molecular weight excluding hydrogens is 621 g/mol. The van der Waals surface area contributed by atoms with Gasteiger partial charge < -0.3 is 4.55 Å². The van der Waals surface area contributed by atoms with Gasteiger partial charge in [-0.1, -0.05) is 36.4 Å². The third-order valence-electron chi connectivity index (χ3n) is 10.7. The second-order valence-electron chi connectivity index (χ2n) is 13.7. The predicted octanol–water partition coefficient (Wildman–Crippen LogP) is 6.26. The maximum atomic E-state index is 11.7. The van der Waals surface area contributed by atoms with Crippen LogP contribution in [0.15, 0.2) is 59.5 Å². The number of benzene rings is 4. The van der Waals surface area contributed by atoms with Gasteiger partial charge in [0.1, 0.15) is 23.2 Å². The van der Waals surface area contributed by atoms with Crippen LogP contribution >= 0.6 is 0 Å². The predicted molar refractivity (Wildman–Crippen MR) is 179 cm³/mol. The molecule has 0 radical (unpaired) electrons. The Bertz CT molecular complexity index is 2260. The summed E-state index contributed by atoms with van der Waals surface area (Å²) in [5.74, 6) is 0. The largest absolute Gasteiger partial charge is 0.744 e. The SMILES string of the molecule is CC1=[N+]2CCCc3c2c(cc2c(S(=O)(=O)[O-])cccc32)C1(C)C.CC1=[N+]2CCCc3c2c(cc2ccccc32)C1(C)C.O=S(=O)=O. The van der Waals surface area contributed by atoms with Gasteiger partial charge in [0.15, 0.2) is 11.4 Å². The molecule has 0 aromatic heterocycles. The smallest absolute Gasteiger partial charge is 0.425 e. The molecule has 0 saturated carbocycles. The zero-order chi connectivity index (χ0) is 33.3. The van der Waals surface area contributed by atoms with Crippen LogP contribution in [0.2, 0.25) is 0 Å². The summed E-state index contributed by atoms with van der Waals surface area (Å²) in [6.45, 7) is 15.7. The molecule has 0 fully saturated rings. The fourth-order valence-electron chi connectivity index (χ4n) is 7.95. The molecule has 4 heterocycles. The summed E-state index contributed by atoms with van der Waals surface area (Å²) in [4.78, 5) is -0.105. The van der Waals surface area contributed by atoms with Crippen molar-refractivity contribution in [1.29, 1.82) is 0 Å². The minimum atomic E-state index is -4.49. The standard InChI is InChI=1S/C18H19NO3S.C18H20N.O3S/c1-11-18(2,3)15-10-14-12(6-4-8-16(14)23(20,21)22)13-7-5-9-19(11)17(13)15;1-12-18(2,3)16-11-13-7-4-5-8-14(13)15-9-6-10-19(12)17(15)16;1-4(2)3/h4,6,8,10H,5,7,9H2,1-3H3;4-5,7-8,11H,6,9-10H2,1-3H3;/q;+1;. The Kier molecular flexibility index (Phi) is 7.85. The highest BCUT2D eigenvalue weighted by Crippen LogP contribution is 2.48. The Morgan fingerprint density at radius 2 is 1.17 bits per heavy atom. The highest BCUT2D eigenvalue weighted by molar-refractivity contribution is 7.86. The minimum Gasteiger partial charge on any atom is -0.744 e. The van der Waals surface area contributed by atoms with E-state index in [-0.39, 0.29) is 15.7 Å². The maximum Gasteiger partial charge on any atom is 0.425 e. The van der Waals surface area contributed by atoms with Gasteiger partial charge in [-0.2, -0.15) is 9.15 Å². The van der Waals surface area contributed by atoms with Crippen LogP contribution < -0.4 is 0 Å². The van der Waals surface area contributed by atoms with Gasteiger partial charge >= 0.3 is 10.6 Å². The minimum absolute atomic E-state index is 0.105. The number of hydrogen-bond acceptors (Lipinski definition) is 6. The first-order valence-electron chi connectivity index (χ1n) is 15.7. The molecular formula is C36H39N2O6S2+. The number of nitrogens with zero attached hydrogens (tertiary/aromatic N) is 2. The summed E-state index contributed by atoms with van der Waals surface area (Å²) in [6.07, 6.45) is 4.45. The first kappa shape index (κ1) is 32.2. The molecule has 0 bridgehead atoms. The van der Waals surface area contributed by atoms with Crippen LogP contribution in [0.3, 0.4) is 0 Å². The van der Waals surface area contributed by atoms with E-state index in [0.717, 1.165) is 30.3 Å². The van der Waals surface area contributed by atoms with Gasteiger partial charge in [-0.25, -0.2) is 8.42 Å². The zero-order valence-electron chi connectivity index (χ0n) is 27.1. The molecule has 4 aromatic carbocycles. The van der Waals surface area contributed by atoms with E-state index in [1.807, 2.05) is 12.1 Å². The highest BCUT2D eigenvalue weighted by Gasteiger charge is 2.47. The van der Waals surface area contributed by atoms with Crippen LogP contribution in [0.25, 0.3) is 21.5 Å². The Labute approximate surface area is 271 Å². The van der Waals surface area contributed by atoms with E-state index < -0.39 is 20.7 Å².